The Bertz CT molecular complexity index is 120. The molecule has 0 rings (SSSR count). The molecule has 0 amide bonds. The molecule has 5 heteroatoms. The van der Waals surface area contributed by atoms with Crippen LogP contribution in [0.3, 0.4) is 0 Å². The van der Waals surface area contributed by atoms with Gasteiger partial charge in [0.2, 0.25) is 0 Å². The van der Waals surface area contributed by atoms with Crippen LogP contribution in [-0.2, 0) is 0 Å². The van der Waals surface area contributed by atoms with E-state index in [4.69, 9.17) is 15.3 Å². The molecular formula is C9H18O5-2. The highest BCUT2D eigenvalue weighted by molar-refractivity contribution is 4.64. The number of hydrogen-bond acceptors (Lipinski definition) is 5. The first-order valence-electron chi connectivity index (χ1n) is 3.82. The Morgan fingerprint density at radius 2 is 1.21 bits per heavy atom. The van der Waals surface area contributed by atoms with Crippen molar-refractivity contribution in [2.24, 2.45) is 0 Å². The summed E-state index contributed by atoms with van der Waals surface area (Å²) < 4.78 is 0. The van der Waals surface area contributed by atoms with Crippen LogP contribution in [0.25, 0.3) is 0 Å². The first-order chi connectivity index (χ1) is 6.27. The maximum atomic E-state index is 9.33. The Labute approximate surface area is 84.3 Å². The summed E-state index contributed by atoms with van der Waals surface area (Å²) in [6.45, 7) is 8.10. The molecule has 0 aliphatic rings. The third-order valence-corrected chi connectivity index (χ3v) is 0.421. The van der Waals surface area contributed by atoms with Crippen molar-refractivity contribution in [2.45, 2.75) is 20.0 Å². The highest BCUT2D eigenvalue weighted by Gasteiger charge is 1.93. The van der Waals surface area contributed by atoms with Crippen LogP contribution in [0.2, 0.25) is 0 Å². The van der Waals surface area contributed by atoms with E-state index in [1.54, 1.807) is 0 Å². The Hall–Kier alpha value is -1.04. The van der Waals surface area contributed by atoms with Crippen molar-refractivity contribution in [1.82, 2.24) is 0 Å². The van der Waals surface area contributed by atoms with Gasteiger partial charge in [0, 0.05) is 0 Å². The minimum Gasteiger partial charge on any atom is -0.876 e. The van der Waals surface area contributed by atoms with Crippen LogP contribution in [0, 0.1) is 0 Å². The van der Waals surface area contributed by atoms with Crippen LogP contribution >= 0.6 is 0 Å². The van der Waals surface area contributed by atoms with Crippen LogP contribution in [0.1, 0.15) is 13.8 Å². The van der Waals surface area contributed by atoms with Crippen molar-refractivity contribution in [3.8, 4) is 0 Å². The minimum atomic E-state index is -0.954. The summed E-state index contributed by atoms with van der Waals surface area (Å²) in [5.74, 6) is -0.167. The van der Waals surface area contributed by atoms with Gasteiger partial charge < -0.3 is 25.5 Å². The van der Waals surface area contributed by atoms with Crippen molar-refractivity contribution in [3.05, 3.63) is 24.7 Å². The lowest BCUT2D eigenvalue weighted by Crippen LogP contribution is -2.15. The topological polar surface area (TPSA) is 107 Å². The highest BCUT2D eigenvalue weighted by Crippen LogP contribution is 1.71. The van der Waals surface area contributed by atoms with Gasteiger partial charge in [-0.05, 0) is 0 Å². The quantitative estimate of drug-likeness (QED) is 0.457. The summed E-state index contributed by atoms with van der Waals surface area (Å²) in [6.07, 6.45) is -0.954. The molecule has 0 aliphatic heterocycles. The maximum absolute atomic E-state index is 9.33. The van der Waals surface area contributed by atoms with Gasteiger partial charge in [-0.1, -0.05) is 13.8 Å². The summed E-state index contributed by atoms with van der Waals surface area (Å²) in [5, 5.41) is 42.7. The van der Waals surface area contributed by atoms with Gasteiger partial charge in [-0.2, -0.15) is 0 Å². The van der Waals surface area contributed by atoms with Gasteiger partial charge in [0.15, 0.2) is 0 Å². The van der Waals surface area contributed by atoms with Crippen molar-refractivity contribution < 1.29 is 25.5 Å². The number of hydrogen-bond donors (Lipinski definition) is 3. The fourth-order valence-corrected chi connectivity index (χ4v) is 0.0577. The molecule has 0 heterocycles. The van der Waals surface area contributed by atoms with Gasteiger partial charge in [0.05, 0.1) is 13.2 Å². The number of allylic oxidation sites excluding steroid dienone is 2. The molecule has 0 atom stereocenters. The summed E-state index contributed by atoms with van der Waals surface area (Å²) >= 11 is 0. The molecule has 0 bridgehead atoms. The van der Waals surface area contributed by atoms with Gasteiger partial charge in [0.25, 0.3) is 0 Å². The third-order valence-electron chi connectivity index (χ3n) is 0.421. The number of aliphatic hydroxyl groups excluding tert-OH is 3. The minimum absolute atomic E-state index is 0.0833. The lowest BCUT2D eigenvalue weighted by atomic mass is 10.4. The average molecular weight is 206 g/mol. The molecule has 0 aromatic rings. The van der Waals surface area contributed by atoms with Crippen molar-refractivity contribution in [2.75, 3.05) is 13.2 Å². The Kier molecular flexibility index (Phi) is 19.3. The average Bonchev–Trinajstić information content (AvgIpc) is 2.01. The Morgan fingerprint density at radius 3 is 1.21 bits per heavy atom. The lowest BCUT2D eigenvalue weighted by Gasteiger charge is -1.96. The second-order valence-electron chi connectivity index (χ2n) is 2.42. The van der Waals surface area contributed by atoms with Crippen LogP contribution in [0.15, 0.2) is 24.7 Å². The largest absolute Gasteiger partial charge is 0.876 e. The zero-order chi connectivity index (χ0) is 12.1. The molecule has 0 radical (unpaired) electrons. The summed E-state index contributed by atoms with van der Waals surface area (Å²) in [6, 6.07) is 0. The molecule has 0 fully saturated rings. The van der Waals surface area contributed by atoms with E-state index in [-0.39, 0.29) is 24.7 Å². The summed E-state index contributed by atoms with van der Waals surface area (Å²) in [5.41, 5.74) is 0. The normalized spacial score (nSPS) is 7.86. The number of rotatable bonds is 2. The van der Waals surface area contributed by atoms with Gasteiger partial charge in [-0.25, -0.2) is 0 Å². The second kappa shape index (κ2) is 14.5. The molecule has 0 aromatic heterocycles. The van der Waals surface area contributed by atoms with E-state index >= 15 is 0 Å². The smallest absolute Gasteiger partial charge is 0.100 e. The van der Waals surface area contributed by atoms with Crippen LogP contribution in [0.5, 0.6) is 0 Å². The van der Waals surface area contributed by atoms with Gasteiger partial charge in [-0.15, -0.1) is 24.7 Å². The molecule has 86 valence electrons. The van der Waals surface area contributed by atoms with Crippen molar-refractivity contribution >= 4 is 0 Å². The first kappa shape index (κ1) is 18.7. The highest BCUT2D eigenvalue weighted by atomic mass is 16.3. The Balaban J connectivity index is -0.000000135. The Morgan fingerprint density at radius 1 is 1.07 bits per heavy atom. The van der Waals surface area contributed by atoms with Gasteiger partial charge >= 0.3 is 0 Å². The van der Waals surface area contributed by atoms with E-state index in [2.05, 4.69) is 13.2 Å². The number of aliphatic hydroxyl groups is 3. The van der Waals surface area contributed by atoms with Gasteiger partial charge in [-0.3, -0.25) is 0 Å². The van der Waals surface area contributed by atoms with E-state index in [0.717, 1.165) is 0 Å². The molecule has 0 aliphatic carbocycles. The summed E-state index contributed by atoms with van der Waals surface area (Å²) in [4.78, 5) is 0. The molecule has 0 unspecified atom stereocenters. The SMILES string of the molecule is C=C(C)[O-].C=C(C)[O-].OCC(O)CO. The molecule has 3 N–H and O–H groups in total. The van der Waals surface area contributed by atoms with E-state index in [1.165, 1.54) is 13.8 Å². The predicted octanol–water partition coefficient (Wildman–Crippen LogP) is -1.91. The lowest BCUT2D eigenvalue weighted by molar-refractivity contribution is -0.301. The van der Waals surface area contributed by atoms with Crippen LogP contribution < -0.4 is 10.2 Å². The molecule has 5 nitrogen and oxygen atoms in total. The monoisotopic (exact) mass is 206 g/mol. The van der Waals surface area contributed by atoms with E-state index in [0.29, 0.717) is 0 Å². The van der Waals surface area contributed by atoms with Crippen molar-refractivity contribution in [1.29, 1.82) is 0 Å². The van der Waals surface area contributed by atoms with E-state index in [9.17, 15) is 10.2 Å². The summed E-state index contributed by atoms with van der Waals surface area (Å²) in [7, 11) is 0. The fourth-order valence-electron chi connectivity index (χ4n) is 0.0577. The van der Waals surface area contributed by atoms with Crippen LogP contribution in [-0.4, -0.2) is 34.6 Å². The first-order valence-corrected chi connectivity index (χ1v) is 3.82. The zero-order valence-electron chi connectivity index (χ0n) is 8.56. The zero-order valence-corrected chi connectivity index (χ0v) is 8.56. The second-order valence-corrected chi connectivity index (χ2v) is 2.42. The standard InChI is InChI=1S/C3H8O3.2C3H6O/c4-1-3(6)2-5;2*1-3(2)4/h3-6H,1-2H2;2*4H,1H2,2H3/p-2. The van der Waals surface area contributed by atoms with E-state index < -0.39 is 6.10 Å². The molecule has 0 saturated heterocycles. The molecule has 0 saturated carbocycles. The molecule has 0 spiro atoms. The molecular weight excluding hydrogens is 188 g/mol. The van der Waals surface area contributed by atoms with Gasteiger partial charge in [0.1, 0.15) is 6.10 Å². The van der Waals surface area contributed by atoms with Crippen molar-refractivity contribution in [3.63, 3.8) is 0 Å². The van der Waals surface area contributed by atoms with Crippen LogP contribution in [0.4, 0.5) is 0 Å². The fraction of sp³-hybridized carbons (Fsp3) is 0.556. The van der Waals surface area contributed by atoms with E-state index in [1.807, 2.05) is 0 Å². The third kappa shape index (κ3) is 124. The predicted molar refractivity (Wildman–Crippen MR) is 49.8 cm³/mol. The maximum Gasteiger partial charge on any atom is 0.100 e. The molecule has 14 heavy (non-hydrogen) atoms. The molecule has 0 aromatic carbocycles.